The molecule has 3 nitrogen and oxygen atoms in total. The van der Waals surface area contributed by atoms with Crippen LogP contribution in [0.2, 0.25) is 5.02 Å². The molecule has 2 rings (SSSR count). The van der Waals surface area contributed by atoms with Gasteiger partial charge >= 0.3 is 5.97 Å². The first-order chi connectivity index (χ1) is 9.47. The lowest BCUT2D eigenvalue weighted by atomic mass is 10.1. The molecule has 2 aromatic carbocycles. The number of hydrogen-bond donors (Lipinski definition) is 1. The van der Waals surface area contributed by atoms with Gasteiger partial charge in [-0.2, -0.15) is 0 Å². The Balaban J connectivity index is 2.19. The standard InChI is InChI=1S/C14H9ClF2O3/c15-11-2-1-3-12(13(11)17)20-7-8-4-9(14(18)19)6-10(16)5-8/h1-6H,7H2,(H,18,19). The van der Waals surface area contributed by atoms with Crippen molar-refractivity contribution in [1.29, 1.82) is 0 Å². The van der Waals surface area contributed by atoms with Crippen LogP contribution in [0.15, 0.2) is 36.4 Å². The normalized spacial score (nSPS) is 10.3. The Morgan fingerprint density at radius 3 is 2.70 bits per heavy atom. The highest BCUT2D eigenvalue weighted by Crippen LogP contribution is 2.25. The first kappa shape index (κ1) is 14.3. The Labute approximate surface area is 118 Å². The van der Waals surface area contributed by atoms with Crippen LogP contribution in [0.5, 0.6) is 5.75 Å². The van der Waals surface area contributed by atoms with Gasteiger partial charge in [-0.25, -0.2) is 13.6 Å². The van der Waals surface area contributed by atoms with E-state index in [2.05, 4.69) is 0 Å². The molecule has 0 aliphatic heterocycles. The van der Waals surface area contributed by atoms with E-state index in [9.17, 15) is 13.6 Å². The van der Waals surface area contributed by atoms with Crippen LogP contribution >= 0.6 is 11.6 Å². The molecule has 0 spiro atoms. The number of rotatable bonds is 4. The summed E-state index contributed by atoms with van der Waals surface area (Å²) < 4.78 is 32.0. The van der Waals surface area contributed by atoms with E-state index in [-0.39, 0.29) is 28.5 Å². The lowest BCUT2D eigenvalue weighted by Gasteiger charge is -2.08. The van der Waals surface area contributed by atoms with E-state index in [1.807, 2.05) is 0 Å². The van der Waals surface area contributed by atoms with Gasteiger partial charge in [-0.05, 0) is 35.9 Å². The highest BCUT2D eigenvalue weighted by atomic mass is 35.5. The quantitative estimate of drug-likeness (QED) is 0.931. The maximum absolute atomic E-state index is 13.6. The molecule has 0 fully saturated rings. The van der Waals surface area contributed by atoms with Crippen LogP contribution in [0, 0.1) is 11.6 Å². The molecule has 0 radical (unpaired) electrons. The zero-order valence-corrected chi connectivity index (χ0v) is 10.8. The predicted octanol–water partition coefficient (Wildman–Crippen LogP) is 3.90. The molecule has 104 valence electrons. The summed E-state index contributed by atoms with van der Waals surface area (Å²) in [5, 5.41) is 8.72. The first-order valence-corrected chi connectivity index (χ1v) is 5.95. The molecule has 20 heavy (non-hydrogen) atoms. The fraction of sp³-hybridized carbons (Fsp3) is 0.0714. The van der Waals surface area contributed by atoms with Crippen molar-refractivity contribution in [2.45, 2.75) is 6.61 Å². The molecule has 2 aromatic rings. The highest BCUT2D eigenvalue weighted by molar-refractivity contribution is 6.30. The van der Waals surface area contributed by atoms with Gasteiger partial charge in [-0.15, -0.1) is 0 Å². The predicted molar refractivity (Wildman–Crippen MR) is 69.1 cm³/mol. The highest BCUT2D eigenvalue weighted by Gasteiger charge is 2.10. The van der Waals surface area contributed by atoms with Crippen molar-refractivity contribution in [3.8, 4) is 5.75 Å². The third kappa shape index (κ3) is 3.24. The molecule has 0 aliphatic carbocycles. The van der Waals surface area contributed by atoms with Gasteiger partial charge in [-0.1, -0.05) is 17.7 Å². The van der Waals surface area contributed by atoms with Crippen LogP contribution < -0.4 is 4.74 Å². The molecule has 0 heterocycles. The Bertz CT molecular complexity index is 659. The number of carboxylic acid groups (broad SMARTS) is 1. The molecule has 0 saturated carbocycles. The summed E-state index contributed by atoms with van der Waals surface area (Å²) in [6, 6.07) is 7.52. The summed E-state index contributed by atoms with van der Waals surface area (Å²) in [5.41, 5.74) is 0.0805. The summed E-state index contributed by atoms with van der Waals surface area (Å²) >= 11 is 5.59. The molecular weight excluding hydrogens is 290 g/mol. The van der Waals surface area contributed by atoms with E-state index < -0.39 is 17.6 Å². The summed E-state index contributed by atoms with van der Waals surface area (Å²) in [6.45, 7) is -0.171. The Morgan fingerprint density at radius 1 is 1.25 bits per heavy atom. The molecule has 0 bridgehead atoms. The fourth-order valence-electron chi connectivity index (χ4n) is 1.61. The molecule has 0 amide bonds. The second kappa shape index (κ2) is 5.88. The zero-order chi connectivity index (χ0) is 14.7. The van der Waals surface area contributed by atoms with E-state index >= 15 is 0 Å². The van der Waals surface area contributed by atoms with Crippen molar-refractivity contribution in [2.24, 2.45) is 0 Å². The van der Waals surface area contributed by atoms with Crippen LogP contribution in [0.3, 0.4) is 0 Å². The SMILES string of the molecule is O=C(O)c1cc(F)cc(COc2cccc(Cl)c2F)c1. The Hall–Kier alpha value is -2.14. The van der Waals surface area contributed by atoms with Crippen molar-refractivity contribution in [3.05, 3.63) is 64.2 Å². The minimum atomic E-state index is -1.25. The Morgan fingerprint density at radius 2 is 2.00 bits per heavy atom. The summed E-state index contributed by atoms with van der Waals surface area (Å²) in [5.74, 6) is -2.75. The molecule has 0 saturated heterocycles. The molecular formula is C14H9ClF2O3. The second-order valence-corrected chi connectivity index (χ2v) is 4.40. The third-order valence-corrected chi connectivity index (χ3v) is 2.81. The fourth-order valence-corrected chi connectivity index (χ4v) is 1.78. The number of hydrogen-bond acceptors (Lipinski definition) is 2. The van der Waals surface area contributed by atoms with Gasteiger partial charge in [0.05, 0.1) is 10.6 Å². The van der Waals surface area contributed by atoms with Gasteiger partial charge in [0, 0.05) is 0 Å². The maximum Gasteiger partial charge on any atom is 0.335 e. The minimum absolute atomic E-state index is 0.0846. The van der Waals surface area contributed by atoms with Gasteiger partial charge in [0.25, 0.3) is 0 Å². The topological polar surface area (TPSA) is 46.5 Å². The van der Waals surface area contributed by atoms with Gasteiger partial charge in [0.2, 0.25) is 0 Å². The number of carbonyl (C=O) groups is 1. The number of benzene rings is 2. The number of halogens is 3. The maximum atomic E-state index is 13.6. The lowest BCUT2D eigenvalue weighted by molar-refractivity contribution is 0.0696. The van der Waals surface area contributed by atoms with E-state index in [1.54, 1.807) is 0 Å². The van der Waals surface area contributed by atoms with E-state index in [4.69, 9.17) is 21.4 Å². The smallest absolute Gasteiger partial charge is 0.335 e. The molecule has 0 aliphatic rings. The third-order valence-electron chi connectivity index (χ3n) is 2.52. The average molecular weight is 299 g/mol. The van der Waals surface area contributed by atoms with Crippen molar-refractivity contribution in [1.82, 2.24) is 0 Å². The van der Waals surface area contributed by atoms with Crippen molar-refractivity contribution < 1.29 is 23.4 Å². The molecule has 1 N–H and O–H groups in total. The molecule has 0 atom stereocenters. The Kier molecular flexibility index (Phi) is 4.20. The van der Waals surface area contributed by atoms with Crippen LogP contribution in [-0.2, 0) is 6.61 Å². The lowest BCUT2D eigenvalue weighted by Crippen LogP contribution is -2.02. The number of aromatic carboxylic acids is 1. The van der Waals surface area contributed by atoms with Gasteiger partial charge in [0.15, 0.2) is 11.6 Å². The monoisotopic (exact) mass is 298 g/mol. The van der Waals surface area contributed by atoms with Crippen LogP contribution in [0.1, 0.15) is 15.9 Å². The van der Waals surface area contributed by atoms with E-state index in [0.717, 1.165) is 12.1 Å². The van der Waals surface area contributed by atoms with Crippen LogP contribution in [-0.4, -0.2) is 11.1 Å². The second-order valence-electron chi connectivity index (χ2n) is 3.99. The van der Waals surface area contributed by atoms with Crippen molar-refractivity contribution in [2.75, 3.05) is 0 Å². The molecule has 0 aromatic heterocycles. The van der Waals surface area contributed by atoms with Crippen LogP contribution in [0.25, 0.3) is 0 Å². The number of carboxylic acids is 1. The average Bonchev–Trinajstić information content (AvgIpc) is 2.40. The van der Waals surface area contributed by atoms with Crippen molar-refractivity contribution >= 4 is 17.6 Å². The largest absolute Gasteiger partial charge is 0.486 e. The van der Waals surface area contributed by atoms with Crippen molar-refractivity contribution in [3.63, 3.8) is 0 Å². The minimum Gasteiger partial charge on any atom is -0.486 e. The summed E-state index contributed by atoms with van der Waals surface area (Å²) in [4.78, 5) is 10.8. The van der Waals surface area contributed by atoms with Gasteiger partial charge in [-0.3, -0.25) is 0 Å². The van der Waals surface area contributed by atoms with E-state index in [1.165, 1.54) is 24.3 Å². The summed E-state index contributed by atoms with van der Waals surface area (Å²) in [6.07, 6.45) is 0. The van der Waals surface area contributed by atoms with Crippen LogP contribution in [0.4, 0.5) is 8.78 Å². The van der Waals surface area contributed by atoms with E-state index in [0.29, 0.717) is 0 Å². The molecule has 0 unspecified atom stereocenters. The zero-order valence-electron chi connectivity index (χ0n) is 10.1. The van der Waals surface area contributed by atoms with Gasteiger partial charge in [0.1, 0.15) is 12.4 Å². The first-order valence-electron chi connectivity index (χ1n) is 5.57. The number of ether oxygens (including phenoxy) is 1. The van der Waals surface area contributed by atoms with Gasteiger partial charge < -0.3 is 9.84 Å². The molecule has 6 heteroatoms. The summed E-state index contributed by atoms with van der Waals surface area (Å²) in [7, 11) is 0.